The number of phenolic OH excluding ortho intramolecular Hbond substituents is 1. The first-order chi connectivity index (χ1) is 9.74. The van der Waals surface area contributed by atoms with E-state index >= 15 is 0 Å². The van der Waals surface area contributed by atoms with E-state index in [4.69, 9.17) is 0 Å². The van der Waals surface area contributed by atoms with Crippen LogP contribution in [0.15, 0.2) is 42.7 Å². The second-order valence-electron chi connectivity index (χ2n) is 5.04. The number of phenols is 1. The lowest BCUT2D eigenvalue weighted by Crippen LogP contribution is -2.14. The molecule has 1 aromatic heterocycles. The molecule has 1 aliphatic heterocycles. The first-order valence-corrected chi connectivity index (χ1v) is 6.76. The minimum atomic E-state index is -0.117. The van der Waals surface area contributed by atoms with Crippen LogP contribution < -0.4 is 5.32 Å². The zero-order chi connectivity index (χ0) is 13.9. The van der Waals surface area contributed by atoms with Crippen molar-refractivity contribution in [2.24, 2.45) is 0 Å². The summed E-state index contributed by atoms with van der Waals surface area (Å²) in [6, 6.07) is 8.57. The number of rotatable bonds is 3. The van der Waals surface area contributed by atoms with Gasteiger partial charge in [0.2, 0.25) is 0 Å². The fourth-order valence-corrected chi connectivity index (χ4v) is 2.56. The number of hydrogen-bond donors (Lipinski definition) is 2. The Morgan fingerprint density at radius 3 is 2.90 bits per heavy atom. The molecule has 0 bridgehead atoms. The Hall–Kier alpha value is -2.20. The third-order valence-electron chi connectivity index (χ3n) is 3.59. The van der Waals surface area contributed by atoms with E-state index in [1.807, 2.05) is 12.3 Å². The maximum atomic E-state index is 12.4. The summed E-state index contributed by atoms with van der Waals surface area (Å²) in [5.74, 6) is -0.0225. The summed E-state index contributed by atoms with van der Waals surface area (Å²) in [5.41, 5.74) is 2.08. The summed E-state index contributed by atoms with van der Waals surface area (Å²) >= 11 is 0. The second-order valence-corrected chi connectivity index (χ2v) is 5.04. The molecule has 1 aliphatic rings. The molecule has 102 valence electrons. The molecule has 3 rings (SSSR count). The summed E-state index contributed by atoms with van der Waals surface area (Å²) in [4.78, 5) is 16.6. The molecule has 4 nitrogen and oxygen atoms in total. The number of aromatic hydroxyl groups is 1. The van der Waals surface area contributed by atoms with Gasteiger partial charge in [-0.25, -0.2) is 0 Å². The first kappa shape index (κ1) is 12.8. The SMILES string of the molecule is O=C(c1cccc(O)c1)c1cncc([C@@H]2CCCN2)c1. The Balaban J connectivity index is 1.90. The molecule has 2 N–H and O–H groups in total. The van der Waals surface area contributed by atoms with Crippen molar-refractivity contribution in [3.8, 4) is 5.75 Å². The Bertz CT molecular complexity index is 634. The molecule has 0 unspecified atom stereocenters. The van der Waals surface area contributed by atoms with Crippen LogP contribution in [-0.2, 0) is 0 Å². The molecule has 2 aromatic rings. The largest absolute Gasteiger partial charge is 0.508 e. The number of aromatic nitrogens is 1. The average molecular weight is 268 g/mol. The molecule has 1 aromatic carbocycles. The van der Waals surface area contributed by atoms with Gasteiger partial charge >= 0.3 is 0 Å². The van der Waals surface area contributed by atoms with Crippen LogP contribution in [0.3, 0.4) is 0 Å². The van der Waals surface area contributed by atoms with E-state index in [0.29, 0.717) is 17.2 Å². The highest BCUT2D eigenvalue weighted by atomic mass is 16.3. The predicted octanol–water partition coefficient (Wildman–Crippen LogP) is 2.44. The van der Waals surface area contributed by atoms with Crippen LogP contribution in [0.25, 0.3) is 0 Å². The lowest BCUT2D eigenvalue weighted by molar-refractivity contribution is 0.103. The Morgan fingerprint density at radius 1 is 1.25 bits per heavy atom. The van der Waals surface area contributed by atoms with Crippen LogP contribution in [0, 0.1) is 0 Å². The van der Waals surface area contributed by atoms with Crippen molar-refractivity contribution in [2.45, 2.75) is 18.9 Å². The van der Waals surface area contributed by atoms with Crippen LogP contribution in [0.1, 0.15) is 40.4 Å². The van der Waals surface area contributed by atoms with Gasteiger partial charge in [0, 0.05) is 29.6 Å². The molecular formula is C16H16N2O2. The summed E-state index contributed by atoms with van der Waals surface area (Å²) in [7, 11) is 0. The molecular weight excluding hydrogens is 252 g/mol. The van der Waals surface area contributed by atoms with Crippen LogP contribution in [0.2, 0.25) is 0 Å². The monoisotopic (exact) mass is 268 g/mol. The number of pyridine rings is 1. The molecule has 0 amide bonds. The zero-order valence-corrected chi connectivity index (χ0v) is 11.0. The topological polar surface area (TPSA) is 62.2 Å². The zero-order valence-electron chi connectivity index (χ0n) is 11.0. The molecule has 0 aliphatic carbocycles. The molecule has 0 spiro atoms. The van der Waals surface area contributed by atoms with Crippen molar-refractivity contribution in [1.82, 2.24) is 10.3 Å². The van der Waals surface area contributed by atoms with Crippen molar-refractivity contribution >= 4 is 5.78 Å². The summed E-state index contributed by atoms with van der Waals surface area (Å²) in [6.45, 7) is 1.01. The van der Waals surface area contributed by atoms with Gasteiger partial charge in [-0.2, -0.15) is 0 Å². The van der Waals surface area contributed by atoms with Crippen LogP contribution in [0.5, 0.6) is 5.75 Å². The van der Waals surface area contributed by atoms with Crippen molar-refractivity contribution in [1.29, 1.82) is 0 Å². The number of nitrogens with zero attached hydrogens (tertiary/aromatic N) is 1. The third kappa shape index (κ3) is 2.56. The van der Waals surface area contributed by atoms with Crippen molar-refractivity contribution in [3.63, 3.8) is 0 Å². The van der Waals surface area contributed by atoms with Crippen molar-refractivity contribution in [2.75, 3.05) is 6.54 Å². The van der Waals surface area contributed by atoms with Gasteiger partial charge in [-0.05, 0) is 43.1 Å². The molecule has 0 radical (unpaired) electrons. The normalized spacial score (nSPS) is 18.1. The highest BCUT2D eigenvalue weighted by molar-refractivity contribution is 6.09. The Kier molecular flexibility index (Phi) is 3.48. The smallest absolute Gasteiger partial charge is 0.194 e. The van der Waals surface area contributed by atoms with Gasteiger partial charge in [0.1, 0.15) is 5.75 Å². The average Bonchev–Trinajstić information content (AvgIpc) is 3.01. The molecule has 1 atom stereocenters. The summed E-state index contributed by atoms with van der Waals surface area (Å²) in [5, 5.41) is 12.9. The van der Waals surface area contributed by atoms with E-state index in [1.54, 1.807) is 24.4 Å². The van der Waals surface area contributed by atoms with E-state index in [0.717, 1.165) is 24.9 Å². The van der Waals surface area contributed by atoms with Gasteiger partial charge in [0.05, 0.1) is 0 Å². The Labute approximate surface area is 117 Å². The highest BCUT2D eigenvalue weighted by Crippen LogP contribution is 2.24. The molecule has 20 heavy (non-hydrogen) atoms. The van der Waals surface area contributed by atoms with E-state index in [1.165, 1.54) is 6.07 Å². The van der Waals surface area contributed by atoms with Gasteiger partial charge in [0.15, 0.2) is 5.78 Å². The van der Waals surface area contributed by atoms with Crippen molar-refractivity contribution < 1.29 is 9.90 Å². The van der Waals surface area contributed by atoms with Gasteiger partial charge in [-0.1, -0.05) is 12.1 Å². The number of nitrogens with one attached hydrogen (secondary N) is 1. The maximum Gasteiger partial charge on any atom is 0.194 e. The van der Waals surface area contributed by atoms with Crippen LogP contribution in [0.4, 0.5) is 0 Å². The molecule has 0 saturated carbocycles. The lowest BCUT2D eigenvalue weighted by atomic mass is 10.0. The lowest BCUT2D eigenvalue weighted by Gasteiger charge is -2.11. The van der Waals surface area contributed by atoms with Gasteiger partial charge in [-0.15, -0.1) is 0 Å². The molecule has 2 heterocycles. The maximum absolute atomic E-state index is 12.4. The quantitative estimate of drug-likeness (QED) is 0.839. The summed E-state index contributed by atoms with van der Waals surface area (Å²) in [6.07, 6.45) is 5.61. The minimum Gasteiger partial charge on any atom is -0.508 e. The third-order valence-corrected chi connectivity index (χ3v) is 3.59. The summed E-state index contributed by atoms with van der Waals surface area (Å²) < 4.78 is 0. The molecule has 4 heteroatoms. The van der Waals surface area contributed by atoms with E-state index in [-0.39, 0.29) is 11.5 Å². The van der Waals surface area contributed by atoms with Crippen molar-refractivity contribution in [3.05, 3.63) is 59.4 Å². The predicted molar refractivity (Wildman–Crippen MR) is 75.8 cm³/mol. The fourth-order valence-electron chi connectivity index (χ4n) is 2.56. The van der Waals surface area contributed by atoms with Crippen LogP contribution in [-0.4, -0.2) is 22.4 Å². The van der Waals surface area contributed by atoms with Gasteiger partial charge in [0.25, 0.3) is 0 Å². The second kappa shape index (κ2) is 5.43. The number of ketones is 1. The standard InChI is InChI=1S/C16H16N2O2/c19-14-4-1-3-11(8-14)16(20)13-7-12(9-17-10-13)15-5-2-6-18-15/h1,3-4,7-10,15,18-19H,2,5-6H2/t15-/m0/s1. The number of benzene rings is 1. The molecule has 1 fully saturated rings. The Morgan fingerprint density at radius 2 is 2.15 bits per heavy atom. The first-order valence-electron chi connectivity index (χ1n) is 6.76. The number of hydrogen-bond acceptors (Lipinski definition) is 4. The fraction of sp³-hybridized carbons (Fsp3) is 0.250. The van der Waals surface area contributed by atoms with Gasteiger partial charge < -0.3 is 10.4 Å². The van der Waals surface area contributed by atoms with E-state index < -0.39 is 0 Å². The number of carbonyl (C=O) groups is 1. The van der Waals surface area contributed by atoms with E-state index in [9.17, 15) is 9.90 Å². The van der Waals surface area contributed by atoms with E-state index in [2.05, 4.69) is 10.3 Å². The van der Waals surface area contributed by atoms with Crippen LogP contribution >= 0.6 is 0 Å². The van der Waals surface area contributed by atoms with Gasteiger partial charge in [-0.3, -0.25) is 9.78 Å². The molecule has 1 saturated heterocycles. The minimum absolute atomic E-state index is 0.0948. The highest BCUT2D eigenvalue weighted by Gasteiger charge is 2.18. The number of carbonyl (C=O) groups excluding carboxylic acids is 1.